The Hall–Kier alpha value is -2.48. The molecule has 0 fully saturated rings. The summed E-state index contributed by atoms with van der Waals surface area (Å²) in [6.45, 7) is 3.99. The maximum atomic E-state index is 12.3. The Morgan fingerprint density at radius 1 is 1.29 bits per heavy atom. The first-order valence-corrected chi connectivity index (χ1v) is 8.37. The first kappa shape index (κ1) is 17.9. The van der Waals surface area contributed by atoms with Crippen molar-refractivity contribution in [1.29, 1.82) is 0 Å². The van der Waals surface area contributed by atoms with E-state index in [9.17, 15) is 9.59 Å². The van der Waals surface area contributed by atoms with E-state index in [0.717, 1.165) is 16.4 Å². The Balaban J connectivity index is 1.96. The SMILES string of the molecule is COC(=O)N[C@H](C(=O)NCc1nc(-c2ccccn2)cs1)C(C)C. The van der Waals surface area contributed by atoms with E-state index in [1.54, 1.807) is 6.20 Å². The molecule has 0 bridgehead atoms. The Morgan fingerprint density at radius 2 is 2.08 bits per heavy atom. The minimum Gasteiger partial charge on any atom is -0.453 e. The van der Waals surface area contributed by atoms with Gasteiger partial charge >= 0.3 is 6.09 Å². The van der Waals surface area contributed by atoms with Gasteiger partial charge in [0.25, 0.3) is 0 Å². The van der Waals surface area contributed by atoms with E-state index in [4.69, 9.17) is 0 Å². The zero-order valence-electron chi connectivity index (χ0n) is 13.8. The molecule has 0 aliphatic heterocycles. The van der Waals surface area contributed by atoms with Gasteiger partial charge in [0.15, 0.2) is 0 Å². The lowest BCUT2D eigenvalue weighted by molar-refractivity contribution is -0.124. The van der Waals surface area contributed by atoms with Crippen LogP contribution in [0.1, 0.15) is 18.9 Å². The molecule has 0 aliphatic carbocycles. The van der Waals surface area contributed by atoms with Crippen molar-refractivity contribution in [2.75, 3.05) is 7.11 Å². The van der Waals surface area contributed by atoms with Gasteiger partial charge in [0, 0.05) is 11.6 Å². The van der Waals surface area contributed by atoms with Crippen molar-refractivity contribution in [1.82, 2.24) is 20.6 Å². The molecule has 0 saturated carbocycles. The van der Waals surface area contributed by atoms with Crippen molar-refractivity contribution >= 4 is 23.3 Å². The Labute approximate surface area is 144 Å². The average molecular weight is 348 g/mol. The highest BCUT2D eigenvalue weighted by atomic mass is 32.1. The van der Waals surface area contributed by atoms with Crippen molar-refractivity contribution in [3.8, 4) is 11.4 Å². The number of nitrogens with one attached hydrogen (secondary N) is 2. The summed E-state index contributed by atoms with van der Waals surface area (Å²) in [6, 6.07) is 4.96. The van der Waals surface area contributed by atoms with Gasteiger partial charge in [-0.25, -0.2) is 9.78 Å². The summed E-state index contributed by atoms with van der Waals surface area (Å²) < 4.78 is 4.55. The zero-order chi connectivity index (χ0) is 17.5. The molecule has 0 aliphatic rings. The predicted molar refractivity (Wildman–Crippen MR) is 91.4 cm³/mol. The number of methoxy groups -OCH3 is 1. The molecule has 2 rings (SSSR count). The number of carbonyl (C=O) groups is 2. The van der Waals surface area contributed by atoms with Crippen LogP contribution in [0.3, 0.4) is 0 Å². The van der Waals surface area contributed by atoms with E-state index in [1.807, 2.05) is 37.4 Å². The Morgan fingerprint density at radius 3 is 2.71 bits per heavy atom. The van der Waals surface area contributed by atoms with E-state index < -0.39 is 12.1 Å². The normalized spacial score (nSPS) is 11.8. The maximum Gasteiger partial charge on any atom is 0.407 e. The number of hydrogen-bond donors (Lipinski definition) is 2. The minimum absolute atomic E-state index is 0.0653. The molecular weight excluding hydrogens is 328 g/mol. The van der Waals surface area contributed by atoms with E-state index >= 15 is 0 Å². The van der Waals surface area contributed by atoms with Crippen LogP contribution in [0.2, 0.25) is 0 Å². The molecule has 2 amide bonds. The van der Waals surface area contributed by atoms with Crippen molar-refractivity contribution in [2.45, 2.75) is 26.4 Å². The lowest BCUT2D eigenvalue weighted by atomic mass is 10.0. The number of amides is 2. The van der Waals surface area contributed by atoms with Crippen LogP contribution in [0.4, 0.5) is 4.79 Å². The summed E-state index contributed by atoms with van der Waals surface area (Å²) in [4.78, 5) is 32.3. The van der Waals surface area contributed by atoms with Crippen molar-refractivity contribution in [3.63, 3.8) is 0 Å². The molecule has 2 aromatic rings. The summed E-state index contributed by atoms with van der Waals surface area (Å²) in [5.41, 5.74) is 1.57. The fourth-order valence-corrected chi connectivity index (χ4v) is 2.75. The maximum absolute atomic E-state index is 12.3. The third-order valence-corrected chi connectivity index (χ3v) is 4.15. The molecule has 0 unspecified atom stereocenters. The lowest BCUT2D eigenvalue weighted by Gasteiger charge is -2.20. The van der Waals surface area contributed by atoms with Crippen molar-refractivity contribution in [3.05, 3.63) is 34.8 Å². The van der Waals surface area contributed by atoms with Crippen LogP contribution in [0.25, 0.3) is 11.4 Å². The van der Waals surface area contributed by atoms with Crippen molar-refractivity contribution < 1.29 is 14.3 Å². The number of alkyl carbamates (subject to hydrolysis) is 1. The molecule has 0 aromatic carbocycles. The Kier molecular flexibility index (Phi) is 6.25. The van der Waals surface area contributed by atoms with E-state index in [2.05, 4.69) is 25.3 Å². The number of rotatable bonds is 6. The summed E-state index contributed by atoms with van der Waals surface area (Å²) >= 11 is 1.45. The largest absolute Gasteiger partial charge is 0.453 e. The number of aromatic nitrogens is 2. The predicted octanol–water partition coefficient (Wildman–Crippen LogP) is 2.20. The van der Waals surface area contributed by atoms with Crippen LogP contribution < -0.4 is 10.6 Å². The summed E-state index contributed by atoms with van der Waals surface area (Å²) in [5.74, 6) is -0.338. The zero-order valence-corrected chi connectivity index (χ0v) is 14.6. The van der Waals surface area contributed by atoms with Crippen LogP contribution >= 0.6 is 11.3 Å². The Bertz CT molecular complexity index is 688. The van der Waals surface area contributed by atoms with Crippen LogP contribution in [-0.2, 0) is 16.1 Å². The molecule has 1 atom stereocenters. The van der Waals surface area contributed by atoms with Gasteiger partial charge in [0.05, 0.1) is 25.0 Å². The number of nitrogens with zero attached hydrogens (tertiary/aromatic N) is 2. The van der Waals surface area contributed by atoms with Gasteiger partial charge in [-0.05, 0) is 18.1 Å². The molecule has 2 heterocycles. The third kappa shape index (κ3) is 4.76. The van der Waals surface area contributed by atoms with Gasteiger partial charge in [-0.1, -0.05) is 19.9 Å². The van der Waals surface area contributed by atoms with E-state index in [0.29, 0.717) is 6.54 Å². The second-order valence-electron chi connectivity index (χ2n) is 5.42. The van der Waals surface area contributed by atoms with Gasteiger partial charge in [-0.15, -0.1) is 11.3 Å². The minimum atomic E-state index is -0.660. The molecular formula is C16H20N4O3S. The lowest BCUT2D eigenvalue weighted by Crippen LogP contribution is -2.49. The molecule has 24 heavy (non-hydrogen) atoms. The molecule has 0 saturated heterocycles. The monoisotopic (exact) mass is 348 g/mol. The second kappa shape index (κ2) is 8.39. The van der Waals surface area contributed by atoms with Crippen LogP contribution in [0.5, 0.6) is 0 Å². The quantitative estimate of drug-likeness (QED) is 0.835. The first-order chi connectivity index (χ1) is 11.5. The summed E-state index contributed by atoms with van der Waals surface area (Å²) in [6.07, 6.45) is 1.08. The summed E-state index contributed by atoms with van der Waals surface area (Å²) in [5, 5.41) is 7.99. The van der Waals surface area contributed by atoms with E-state index in [-0.39, 0.29) is 11.8 Å². The third-order valence-electron chi connectivity index (χ3n) is 3.30. The van der Waals surface area contributed by atoms with Crippen LogP contribution in [-0.4, -0.2) is 35.1 Å². The van der Waals surface area contributed by atoms with Gasteiger partial charge in [-0.3, -0.25) is 9.78 Å². The number of hydrogen-bond acceptors (Lipinski definition) is 6. The highest BCUT2D eigenvalue weighted by molar-refractivity contribution is 7.09. The fourth-order valence-electron chi connectivity index (χ4n) is 2.02. The molecule has 8 heteroatoms. The number of thiazole rings is 1. The van der Waals surface area contributed by atoms with Gasteiger partial charge in [0.1, 0.15) is 11.0 Å². The smallest absolute Gasteiger partial charge is 0.407 e. The van der Waals surface area contributed by atoms with Crippen LogP contribution in [0.15, 0.2) is 29.8 Å². The highest BCUT2D eigenvalue weighted by Crippen LogP contribution is 2.19. The second-order valence-corrected chi connectivity index (χ2v) is 6.36. The van der Waals surface area contributed by atoms with E-state index in [1.165, 1.54) is 18.4 Å². The number of ether oxygens (including phenoxy) is 1. The molecule has 2 aromatic heterocycles. The van der Waals surface area contributed by atoms with Gasteiger partial charge in [0.2, 0.25) is 5.91 Å². The molecule has 0 radical (unpaired) electrons. The standard InChI is InChI=1S/C16H20N4O3S/c1-10(2)14(20-16(22)23-3)15(21)18-8-13-19-12(9-24-13)11-6-4-5-7-17-11/h4-7,9-10,14H,8H2,1-3H3,(H,18,21)(H,20,22)/t14-/m0/s1. The topological polar surface area (TPSA) is 93.2 Å². The van der Waals surface area contributed by atoms with Gasteiger partial charge in [-0.2, -0.15) is 0 Å². The molecule has 7 nitrogen and oxygen atoms in total. The molecule has 2 N–H and O–H groups in total. The molecule has 0 spiro atoms. The number of carbonyl (C=O) groups excluding carboxylic acids is 2. The first-order valence-electron chi connectivity index (χ1n) is 7.49. The number of pyridine rings is 1. The fraction of sp³-hybridized carbons (Fsp3) is 0.375. The van der Waals surface area contributed by atoms with Crippen molar-refractivity contribution in [2.24, 2.45) is 5.92 Å². The average Bonchev–Trinajstić information content (AvgIpc) is 3.06. The summed E-state index contributed by atoms with van der Waals surface area (Å²) in [7, 11) is 1.26. The van der Waals surface area contributed by atoms with Gasteiger partial charge < -0.3 is 15.4 Å². The highest BCUT2D eigenvalue weighted by Gasteiger charge is 2.24. The van der Waals surface area contributed by atoms with Crippen LogP contribution in [0, 0.1) is 5.92 Å². The molecule has 128 valence electrons.